The molecule has 0 bridgehead atoms. The SMILES string of the molecule is CCNCc1cnc(N(C)Cc2ccsc2)nc1C. The molecular weight excluding hydrogens is 256 g/mol. The summed E-state index contributed by atoms with van der Waals surface area (Å²) in [7, 11) is 2.02. The minimum atomic E-state index is 0.781. The molecule has 19 heavy (non-hydrogen) atoms. The molecule has 0 aliphatic rings. The molecule has 0 saturated carbocycles. The Bertz CT molecular complexity index is 510. The Morgan fingerprint density at radius 2 is 2.26 bits per heavy atom. The fourth-order valence-corrected chi connectivity index (χ4v) is 2.48. The second kappa shape index (κ2) is 6.63. The van der Waals surface area contributed by atoms with E-state index >= 15 is 0 Å². The number of nitrogens with one attached hydrogen (secondary N) is 1. The third-order valence-electron chi connectivity index (χ3n) is 2.98. The molecule has 5 heteroatoms. The van der Waals surface area contributed by atoms with Crippen LogP contribution in [0.5, 0.6) is 0 Å². The number of aromatic nitrogens is 2. The maximum absolute atomic E-state index is 4.58. The minimum Gasteiger partial charge on any atom is -0.340 e. The van der Waals surface area contributed by atoms with Crippen LogP contribution >= 0.6 is 11.3 Å². The molecule has 0 aliphatic carbocycles. The van der Waals surface area contributed by atoms with Gasteiger partial charge in [0.15, 0.2) is 0 Å². The third-order valence-corrected chi connectivity index (χ3v) is 3.71. The highest BCUT2D eigenvalue weighted by Crippen LogP contribution is 2.14. The van der Waals surface area contributed by atoms with Gasteiger partial charge in [0.2, 0.25) is 5.95 Å². The van der Waals surface area contributed by atoms with E-state index in [-0.39, 0.29) is 0 Å². The van der Waals surface area contributed by atoms with Crippen LogP contribution in [0.2, 0.25) is 0 Å². The van der Waals surface area contributed by atoms with Crippen LogP contribution in [0.4, 0.5) is 5.95 Å². The van der Waals surface area contributed by atoms with E-state index < -0.39 is 0 Å². The van der Waals surface area contributed by atoms with Gasteiger partial charge < -0.3 is 10.2 Å². The maximum atomic E-state index is 4.58. The molecule has 2 aromatic heterocycles. The van der Waals surface area contributed by atoms with Gasteiger partial charge in [0.05, 0.1) is 0 Å². The Morgan fingerprint density at radius 3 is 2.89 bits per heavy atom. The molecule has 0 radical (unpaired) electrons. The quantitative estimate of drug-likeness (QED) is 0.880. The molecule has 0 aromatic carbocycles. The van der Waals surface area contributed by atoms with Gasteiger partial charge in [-0.3, -0.25) is 0 Å². The van der Waals surface area contributed by atoms with Gasteiger partial charge in [-0.25, -0.2) is 9.97 Å². The van der Waals surface area contributed by atoms with Crippen molar-refractivity contribution in [2.75, 3.05) is 18.5 Å². The zero-order valence-electron chi connectivity index (χ0n) is 11.7. The molecular formula is C14H20N4S. The van der Waals surface area contributed by atoms with Crippen LogP contribution in [0.1, 0.15) is 23.7 Å². The van der Waals surface area contributed by atoms with Gasteiger partial charge in [0.25, 0.3) is 0 Å². The largest absolute Gasteiger partial charge is 0.340 e. The molecule has 0 amide bonds. The van der Waals surface area contributed by atoms with E-state index in [1.54, 1.807) is 11.3 Å². The first-order chi connectivity index (χ1) is 9.20. The lowest BCUT2D eigenvalue weighted by molar-refractivity contribution is 0.713. The molecule has 0 aliphatic heterocycles. The van der Waals surface area contributed by atoms with Crippen LogP contribution in [0.3, 0.4) is 0 Å². The Balaban J connectivity index is 2.06. The summed E-state index contributed by atoms with van der Waals surface area (Å²) in [5, 5.41) is 7.55. The van der Waals surface area contributed by atoms with Gasteiger partial charge in [0.1, 0.15) is 0 Å². The highest BCUT2D eigenvalue weighted by molar-refractivity contribution is 7.07. The number of nitrogens with zero attached hydrogens (tertiary/aromatic N) is 3. The molecule has 2 rings (SSSR count). The standard InChI is InChI=1S/C14H20N4S/c1-4-15-7-13-8-16-14(17-11(13)2)18(3)9-12-5-6-19-10-12/h5-6,8,10,15H,4,7,9H2,1-3H3. The van der Waals surface area contributed by atoms with Crippen LogP contribution in [-0.2, 0) is 13.1 Å². The topological polar surface area (TPSA) is 41.1 Å². The fraction of sp³-hybridized carbons (Fsp3) is 0.429. The Labute approximate surface area is 118 Å². The molecule has 4 nitrogen and oxygen atoms in total. The third kappa shape index (κ3) is 3.75. The second-order valence-electron chi connectivity index (χ2n) is 4.55. The first-order valence-corrected chi connectivity index (χ1v) is 7.40. The summed E-state index contributed by atoms with van der Waals surface area (Å²) in [5.41, 5.74) is 3.50. The van der Waals surface area contributed by atoms with Gasteiger partial charge in [-0.05, 0) is 35.9 Å². The molecule has 0 atom stereocenters. The number of thiophene rings is 1. The zero-order valence-corrected chi connectivity index (χ0v) is 12.5. The number of hydrogen-bond donors (Lipinski definition) is 1. The van der Waals surface area contributed by atoms with Crippen molar-refractivity contribution in [3.8, 4) is 0 Å². The predicted molar refractivity (Wildman–Crippen MR) is 80.6 cm³/mol. The average Bonchev–Trinajstić information content (AvgIpc) is 2.90. The fourth-order valence-electron chi connectivity index (χ4n) is 1.82. The van der Waals surface area contributed by atoms with E-state index in [0.29, 0.717) is 0 Å². The summed E-state index contributed by atoms with van der Waals surface area (Å²) in [6, 6.07) is 2.13. The summed E-state index contributed by atoms with van der Waals surface area (Å²) >= 11 is 1.72. The van der Waals surface area contributed by atoms with Crippen molar-refractivity contribution in [3.63, 3.8) is 0 Å². The molecule has 2 aromatic rings. The first-order valence-electron chi connectivity index (χ1n) is 6.46. The molecule has 2 heterocycles. The lowest BCUT2D eigenvalue weighted by Crippen LogP contribution is -2.20. The summed E-state index contributed by atoms with van der Waals surface area (Å²) in [5.74, 6) is 0.781. The molecule has 0 spiro atoms. The van der Waals surface area contributed by atoms with E-state index in [9.17, 15) is 0 Å². The van der Waals surface area contributed by atoms with E-state index in [2.05, 4.69) is 43.9 Å². The van der Waals surface area contributed by atoms with Crippen LogP contribution in [0, 0.1) is 6.92 Å². The van der Waals surface area contributed by atoms with E-state index in [1.807, 2.05) is 20.2 Å². The predicted octanol–water partition coefficient (Wildman–Crippen LogP) is 2.59. The Morgan fingerprint density at radius 1 is 1.42 bits per heavy atom. The number of anilines is 1. The zero-order chi connectivity index (χ0) is 13.7. The summed E-state index contributed by atoms with van der Waals surface area (Å²) in [6.07, 6.45) is 1.92. The first kappa shape index (κ1) is 14.0. The van der Waals surface area contributed by atoms with E-state index in [0.717, 1.165) is 36.8 Å². The van der Waals surface area contributed by atoms with E-state index in [1.165, 1.54) is 5.56 Å². The van der Waals surface area contributed by atoms with Crippen LogP contribution < -0.4 is 10.2 Å². The van der Waals surface area contributed by atoms with Crippen molar-refractivity contribution in [1.29, 1.82) is 0 Å². The lowest BCUT2D eigenvalue weighted by Gasteiger charge is -2.17. The van der Waals surface area contributed by atoms with Gasteiger partial charge in [-0.15, -0.1) is 0 Å². The second-order valence-corrected chi connectivity index (χ2v) is 5.33. The van der Waals surface area contributed by atoms with Crippen molar-refractivity contribution in [1.82, 2.24) is 15.3 Å². The Hall–Kier alpha value is -1.46. The van der Waals surface area contributed by atoms with Gasteiger partial charge in [0, 0.05) is 37.6 Å². The van der Waals surface area contributed by atoms with Crippen molar-refractivity contribution in [3.05, 3.63) is 39.8 Å². The molecule has 1 N–H and O–H groups in total. The number of aryl methyl sites for hydroxylation is 1. The molecule has 0 saturated heterocycles. The molecule has 0 fully saturated rings. The van der Waals surface area contributed by atoms with Crippen LogP contribution in [0.25, 0.3) is 0 Å². The van der Waals surface area contributed by atoms with Crippen LogP contribution in [-0.4, -0.2) is 23.6 Å². The van der Waals surface area contributed by atoms with Crippen molar-refractivity contribution >= 4 is 17.3 Å². The highest BCUT2D eigenvalue weighted by atomic mass is 32.1. The van der Waals surface area contributed by atoms with Gasteiger partial charge in [-0.2, -0.15) is 11.3 Å². The monoisotopic (exact) mass is 276 g/mol. The maximum Gasteiger partial charge on any atom is 0.225 e. The smallest absolute Gasteiger partial charge is 0.225 e. The minimum absolute atomic E-state index is 0.781. The van der Waals surface area contributed by atoms with Crippen molar-refractivity contribution < 1.29 is 0 Å². The lowest BCUT2D eigenvalue weighted by atomic mass is 10.2. The Kier molecular flexibility index (Phi) is 4.87. The van der Waals surface area contributed by atoms with Gasteiger partial charge in [-0.1, -0.05) is 6.92 Å². The molecule has 102 valence electrons. The van der Waals surface area contributed by atoms with Crippen molar-refractivity contribution in [2.24, 2.45) is 0 Å². The normalized spacial score (nSPS) is 10.7. The van der Waals surface area contributed by atoms with Crippen LogP contribution in [0.15, 0.2) is 23.0 Å². The van der Waals surface area contributed by atoms with Gasteiger partial charge >= 0.3 is 0 Å². The van der Waals surface area contributed by atoms with Crippen molar-refractivity contribution in [2.45, 2.75) is 26.9 Å². The number of rotatable bonds is 6. The highest BCUT2D eigenvalue weighted by Gasteiger charge is 2.08. The molecule has 0 unspecified atom stereocenters. The average molecular weight is 276 g/mol. The number of hydrogen-bond acceptors (Lipinski definition) is 5. The summed E-state index contributed by atoms with van der Waals surface area (Å²) in [6.45, 7) is 6.76. The summed E-state index contributed by atoms with van der Waals surface area (Å²) < 4.78 is 0. The summed E-state index contributed by atoms with van der Waals surface area (Å²) in [4.78, 5) is 11.1. The van der Waals surface area contributed by atoms with E-state index in [4.69, 9.17) is 0 Å².